The van der Waals surface area contributed by atoms with Gasteiger partial charge in [-0.05, 0) is 35.9 Å². The molecule has 0 saturated carbocycles. The van der Waals surface area contributed by atoms with Crippen molar-refractivity contribution in [2.24, 2.45) is 0 Å². The largest absolute Gasteiger partial charge is 0.503 e. The van der Waals surface area contributed by atoms with E-state index < -0.39 is 23.5 Å². The van der Waals surface area contributed by atoms with Gasteiger partial charge in [0, 0.05) is 12.1 Å². The molecule has 2 aromatic rings. The quantitative estimate of drug-likeness (QED) is 0.824. The van der Waals surface area contributed by atoms with Gasteiger partial charge in [-0.3, -0.25) is 14.5 Å². The van der Waals surface area contributed by atoms with Crippen LogP contribution in [0.3, 0.4) is 0 Å². The third-order valence-electron chi connectivity index (χ3n) is 4.43. The SMILES string of the molecule is CCC(=O)C1=C(O)C(=O)N(c2ccc(OC)c(Cl)c2)C1c1ccc(F)cc1. The van der Waals surface area contributed by atoms with E-state index in [0.29, 0.717) is 17.0 Å². The molecule has 1 amide bonds. The number of ketones is 1. The Bertz CT molecular complexity index is 939. The van der Waals surface area contributed by atoms with Crippen LogP contribution in [0.5, 0.6) is 5.75 Å². The molecule has 0 fully saturated rings. The van der Waals surface area contributed by atoms with E-state index in [1.54, 1.807) is 19.1 Å². The minimum Gasteiger partial charge on any atom is -0.503 e. The molecule has 3 rings (SSSR count). The average Bonchev–Trinajstić information content (AvgIpc) is 2.93. The summed E-state index contributed by atoms with van der Waals surface area (Å²) in [5.41, 5.74) is 0.865. The normalized spacial score (nSPS) is 16.8. The smallest absolute Gasteiger partial charge is 0.294 e. The van der Waals surface area contributed by atoms with E-state index in [0.717, 1.165) is 0 Å². The third kappa shape index (κ3) is 3.28. The van der Waals surface area contributed by atoms with Crippen LogP contribution in [0, 0.1) is 5.82 Å². The predicted octanol–water partition coefficient (Wildman–Crippen LogP) is 4.37. The molecule has 1 aliphatic heterocycles. The lowest BCUT2D eigenvalue weighted by molar-refractivity contribution is -0.118. The molecule has 1 N–H and O–H groups in total. The van der Waals surface area contributed by atoms with Crippen LogP contribution in [0.25, 0.3) is 0 Å². The number of rotatable bonds is 5. The van der Waals surface area contributed by atoms with Gasteiger partial charge in [-0.2, -0.15) is 0 Å². The molecule has 0 saturated heterocycles. The fourth-order valence-electron chi connectivity index (χ4n) is 3.11. The zero-order chi connectivity index (χ0) is 19.7. The topological polar surface area (TPSA) is 66.8 Å². The van der Waals surface area contributed by atoms with Crippen molar-refractivity contribution in [1.82, 2.24) is 0 Å². The highest BCUT2D eigenvalue weighted by Gasteiger charge is 2.43. The monoisotopic (exact) mass is 389 g/mol. The highest BCUT2D eigenvalue weighted by Crippen LogP contribution is 2.42. The summed E-state index contributed by atoms with van der Waals surface area (Å²) in [6, 6.07) is 9.26. The summed E-state index contributed by atoms with van der Waals surface area (Å²) >= 11 is 6.18. The summed E-state index contributed by atoms with van der Waals surface area (Å²) < 4.78 is 18.5. The first-order chi connectivity index (χ1) is 12.9. The van der Waals surface area contributed by atoms with Crippen LogP contribution in [-0.4, -0.2) is 23.9 Å². The molecule has 2 aromatic carbocycles. The molecular weight excluding hydrogens is 373 g/mol. The Labute approximate surface area is 160 Å². The van der Waals surface area contributed by atoms with Crippen LogP contribution >= 0.6 is 11.6 Å². The van der Waals surface area contributed by atoms with Crippen molar-refractivity contribution in [2.75, 3.05) is 12.0 Å². The fourth-order valence-corrected chi connectivity index (χ4v) is 3.36. The van der Waals surface area contributed by atoms with Gasteiger partial charge in [0.25, 0.3) is 5.91 Å². The van der Waals surface area contributed by atoms with Crippen molar-refractivity contribution in [2.45, 2.75) is 19.4 Å². The minimum absolute atomic E-state index is 0.0129. The Morgan fingerprint density at radius 3 is 2.48 bits per heavy atom. The second-order valence-electron chi connectivity index (χ2n) is 5.99. The molecule has 0 aromatic heterocycles. The van der Waals surface area contributed by atoms with Gasteiger partial charge in [-0.15, -0.1) is 0 Å². The number of carbonyl (C=O) groups excluding carboxylic acids is 2. The maximum absolute atomic E-state index is 13.4. The van der Waals surface area contributed by atoms with Crippen molar-refractivity contribution in [3.8, 4) is 5.75 Å². The van der Waals surface area contributed by atoms with Crippen molar-refractivity contribution >= 4 is 29.0 Å². The van der Waals surface area contributed by atoms with Gasteiger partial charge in [0.2, 0.25) is 0 Å². The number of amides is 1. The maximum Gasteiger partial charge on any atom is 0.294 e. The number of ether oxygens (including phenoxy) is 1. The van der Waals surface area contributed by atoms with Crippen LogP contribution in [0.1, 0.15) is 24.9 Å². The Morgan fingerprint density at radius 2 is 1.93 bits per heavy atom. The molecule has 1 unspecified atom stereocenters. The van der Waals surface area contributed by atoms with E-state index in [9.17, 15) is 19.1 Å². The van der Waals surface area contributed by atoms with E-state index in [-0.39, 0.29) is 22.8 Å². The highest BCUT2D eigenvalue weighted by atomic mass is 35.5. The molecule has 0 spiro atoms. The summed E-state index contributed by atoms with van der Waals surface area (Å²) in [6.07, 6.45) is 0.113. The second-order valence-corrected chi connectivity index (χ2v) is 6.39. The lowest BCUT2D eigenvalue weighted by Crippen LogP contribution is -2.31. The molecule has 0 radical (unpaired) electrons. The molecule has 5 nitrogen and oxygen atoms in total. The van der Waals surface area contributed by atoms with E-state index >= 15 is 0 Å². The van der Waals surface area contributed by atoms with Crippen molar-refractivity contribution in [3.63, 3.8) is 0 Å². The molecule has 1 heterocycles. The summed E-state index contributed by atoms with van der Waals surface area (Å²) in [7, 11) is 1.47. The summed E-state index contributed by atoms with van der Waals surface area (Å²) in [6.45, 7) is 1.64. The van der Waals surface area contributed by atoms with Crippen LogP contribution in [0.2, 0.25) is 5.02 Å². The molecule has 1 atom stereocenters. The molecule has 0 aliphatic carbocycles. The number of Topliss-reactive ketones (excluding diaryl/α,β-unsaturated/α-hetero) is 1. The summed E-state index contributed by atoms with van der Waals surface area (Å²) in [5, 5.41) is 10.7. The van der Waals surface area contributed by atoms with Crippen molar-refractivity contribution in [1.29, 1.82) is 0 Å². The number of halogens is 2. The zero-order valence-electron chi connectivity index (χ0n) is 14.7. The van der Waals surface area contributed by atoms with E-state index in [4.69, 9.17) is 16.3 Å². The third-order valence-corrected chi connectivity index (χ3v) is 4.72. The maximum atomic E-state index is 13.4. The lowest BCUT2D eigenvalue weighted by Gasteiger charge is -2.27. The van der Waals surface area contributed by atoms with Crippen molar-refractivity contribution < 1.29 is 23.8 Å². The van der Waals surface area contributed by atoms with Gasteiger partial charge in [0.15, 0.2) is 11.5 Å². The summed E-state index contributed by atoms with van der Waals surface area (Å²) in [4.78, 5) is 26.5. The second kappa shape index (κ2) is 7.40. The molecule has 27 heavy (non-hydrogen) atoms. The van der Waals surface area contributed by atoms with Gasteiger partial charge in [-0.1, -0.05) is 30.7 Å². The van der Waals surface area contributed by atoms with Crippen LogP contribution < -0.4 is 9.64 Å². The van der Waals surface area contributed by atoms with Gasteiger partial charge in [0.1, 0.15) is 11.6 Å². The standard InChI is InChI=1S/C20H17ClFNO4/c1-3-15(24)17-18(11-4-6-12(22)7-5-11)23(20(26)19(17)25)13-8-9-16(27-2)14(21)10-13/h4-10,18,25H,3H2,1-2H3. The Morgan fingerprint density at radius 1 is 1.26 bits per heavy atom. The van der Waals surface area contributed by atoms with Crippen LogP contribution in [0.4, 0.5) is 10.1 Å². The van der Waals surface area contributed by atoms with E-state index in [1.165, 1.54) is 42.3 Å². The number of anilines is 1. The predicted molar refractivity (Wildman–Crippen MR) is 99.6 cm³/mol. The van der Waals surface area contributed by atoms with Crippen LogP contribution in [0.15, 0.2) is 53.8 Å². The van der Waals surface area contributed by atoms with E-state index in [1.807, 2.05) is 0 Å². The Balaban J connectivity index is 2.17. The first kappa shape index (κ1) is 18.9. The summed E-state index contributed by atoms with van der Waals surface area (Å²) in [5.74, 6) is -1.71. The van der Waals surface area contributed by atoms with Gasteiger partial charge < -0.3 is 9.84 Å². The molecule has 0 bridgehead atoms. The molecule has 7 heteroatoms. The number of benzene rings is 2. The zero-order valence-corrected chi connectivity index (χ0v) is 15.5. The molecule has 140 valence electrons. The molecular formula is C20H17ClFNO4. The Hall–Kier alpha value is -2.86. The Kier molecular flexibility index (Phi) is 5.19. The van der Waals surface area contributed by atoms with Gasteiger partial charge >= 0.3 is 0 Å². The van der Waals surface area contributed by atoms with Crippen molar-refractivity contribution in [3.05, 3.63) is 70.2 Å². The number of nitrogens with zero attached hydrogens (tertiary/aromatic N) is 1. The van der Waals surface area contributed by atoms with Gasteiger partial charge in [0.05, 0.1) is 23.7 Å². The molecule has 1 aliphatic rings. The lowest BCUT2D eigenvalue weighted by atomic mass is 9.95. The number of methoxy groups -OCH3 is 1. The van der Waals surface area contributed by atoms with Gasteiger partial charge in [-0.25, -0.2) is 4.39 Å². The highest BCUT2D eigenvalue weighted by molar-refractivity contribution is 6.32. The number of hydrogen-bond donors (Lipinski definition) is 1. The van der Waals surface area contributed by atoms with Crippen LogP contribution in [-0.2, 0) is 9.59 Å². The first-order valence-electron chi connectivity index (χ1n) is 8.28. The number of carbonyl (C=O) groups is 2. The number of aliphatic hydroxyl groups is 1. The van der Waals surface area contributed by atoms with E-state index in [2.05, 4.69) is 0 Å². The average molecular weight is 390 g/mol. The first-order valence-corrected chi connectivity index (χ1v) is 8.65. The minimum atomic E-state index is -0.880. The number of hydrogen-bond acceptors (Lipinski definition) is 4. The fraction of sp³-hybridized carbons (Fsp3) is 0.200. The number of aliphatic hydroxyl groups excluding tert-OH is 1.